The normalized spacial score (nSPS) is 15.4. The molecule has 1 unspecified atom stereocenters. The average molecular weight is 397 g/mol. The molecule has 0 spiro atoms. The molecule has 3 rings (SSSR count). The Morgan fingerprint density at radius 2 is 1.86 bits per heavy atom. The van der Waals surface area contributed by atoms with E-state index in [1.807, 2.05) is 37.3 Å². The number of carbonyl (C=O) groups is 2. The third kappa shape index (κ3) is 5.66. The summed E-state index contributed by atoms with van der Waals surface area (Å²) < 4.78 is 5.01. The van der Waals surface area contributed by atoms with Crippen LogP contribution in [0.3, 0.4) is 0 Å². The lowest BCUT2D eigenvalue weighted by Gasteiger charge is -2.31. The number of amides is 2. The SMILES string of the molecule is CCOC(=O)N1CCC(NC(=O)c2ccc(NC(C)c3ccccc3)nn2)CC1. The first-order valence-corrected chi connectivity index (χ1v) is 9.94. The van der Waals surface area contributed by atoms with Crippen LogP contribution in [0.1, 0.15) is 48.8 Å². The Labute approximate surface area is 170 Å². The molecular weight excluding hydrogens is 370 g/mol. The molecule has 1 aliphatic rings. The van der Waals surface area contributed by atoms with Crippen molar-refractivity contribution in [3.8, 4) is 0 Å². The smallest absolute Gasteiger partial charge is 0.409 e. The Morgan fingerprint density at radius 1 is 1.14 bits per heavy atom. The van der Waals surface area contributed by atoms with Crippen LogP contribution in [-0.2, 0) is 4.74 Å². The topological polar surface area (TPSA) is 96.5 Å². The number of benzene rings is 1. The van der Waals surface area contributed by atoms with Gasteiger partial charge in [0.25, 0.3) is 5.91 Å². The van der Waals surface area contributed by atoms with Crippen LogP contribution in [0.25, 0.3) is 0 Å². The van der Waals surface area contributed by atoms with E-state index < -0.39 is 0 Å². The number of nitrogens with one attached hydrogen (secondary N) is 2. The molecule has 2 amide bonds. The van der Waals surface area contributed by atoms with Crippen LogP contribution in [0.5, 0.6) is 0 Å². The number of carbonyl (C=O) groups excluding carboxylic acids is 2. The molecular formula is C21H27N5O3. The van der Waals surface area contributed by atoms with Gasteiger partial charge in [-0.1, -0.05) is 30.3 Å². The molecule has 1 atom stereocenters. The standard InChI is InChI=1S/C21H27N5O3/c1-3-29-21(28)26-13-11-17(12-14-26)23-20(27)18-9-10-19(25-24-18)22-15(2)16-7-5-4-6-8-16/h4-10,15,17H,3,11-14H2,1-2H3,(H,22,25)(H,23,27). The summed E-state index contributed by atoms with van der Waals surface area (Å²) >= 11 is 0. The minimum Gasteiger partial charge on any atom is -0.450 e. The molecule has 154 valence electrons. The van der Waals surface area contributed by atoms with Gasteiger partial charge in [0.1, 0.15) is 5.82 Å². The molecule has 2 N–H and O–H groups in total. The van der Waals surface area contributed by atoms with Gasteiger partial charge >= 0.3 is 6.09 Å². The van der Waals surface area contributed by atoms with E-state index in [-0.39, 0.29) is 29.8 Å². The van der Waals surface area contributed by atoms with Crippen molar-refractivity contribution in [2.45, 2.75) is 38.8 Å². The van der Waals surface area contributed by atoms with Crippen molar-refractivity contribution in [1.29, 1.82) is 0 Å². The fourth-order valence-corrected chi connectivity index (χ4v) is 3.26. The van der Waals surface area contributed by atoms with E-state index in [2.05, 4.69) is 20.8 Å². The number of nitrogens with zero attached hydrogens (tertiary/aromatic N) is 3. The van der Waals surface area contributed by atoms with E-state index in [1.54, 1.807) is 24.0 Å². The highest BCUT2D eigenvalue weighted by Crippen LogP contribution is 2.17. The summed E-state index contributed by atoms with van der Waals surface area (Å²) in [7, 11) is 0. The summed E-state index contributed by atoms with van der Waals surface area (Å²) in [5, 5.41) is 14.4. The molecule has 2 aromatic rings. The van der Waals surface area contributed by atoms with E-state index in [0.717, 1.165) is 5.56 Å². The van der Waals surface area contributed by atoms with E-state index in [9.17, 15) is 9.59 Å². The van der Waals surface area contributed by atoms with Gasteiger partial charge in [-0.05, 0) is 44.4 Å². The van der Waals surface area contributed by atoms with Crippen molar-refractivity contribution in [3.63, 3.8) is 0 Å². The number of ether oxygens (including phenoxy) is 1. The van der Waals surface area contributed by atoms with Gasteiger partial charge in [-0.15, -0.1) is 10.2 Å². The molecule has 1 fully saturated rings. The number of rotatable bonds is 6. The Kier molecular flexibility index (Phi) is 6.99. The Bertz CT molecular complexity index is 805. The second kappa shape index (κ2) is 9.86. The predicted molar refractivity (Wildman–Crippen MR) is 110 cm³/mol. The van der Waals surface area contributed by atoms with E-state index in [0.29, 0.717) is 38.4 Å². The molecule has 8 nitrogen and oxygen atoms in total. The van der Waals surface area contributed by atoms with Crippen molar-refractivity contribution in [3.05, 3.63) is 53.7 Å². The van der Waals surface area contributed by atoms with Crippen molar-refractivity contribution < 1.29 is 14.3 Å². The van der Waals surface area contributed by atoms with E-state index in [1.165, 1.54) is 0 Å². The molecule has 8 heteroatoms. The van der Waals surface area contributed by atoms with Crippen LogP contribution in [0.4, 0.5) is 10.6 Å². The number of aromatic nitrogens is 2. The highest BCUT2D eigenvalue weighted by Gasteiger charge is 2.25. The molecule has 0 aliphatic carbocycles. The van der Waals surface area contributed by atoms with Crippen LogP contribution in [-0.4, -0.2) is 52.8 Å². The van der Waals surface area contributed by atoms with Gasteiger partial charge in [0.15, 0.2) is 5.69 Å². The fraction of sp³-hybridized carbons (Fsp3) is 0.429. The molecule has 0 saturated carbocycles. The van der Waals surface area contributed by atoms with Crippen molar-refractivity contribution >= 4 is 17.8 Å². The molecule has 0 radical (unpaired) electrons. The number of anilines is 1. The summed E-state index contributed by atoms with van der Waals surface area (Å²) in [6, 6.07) is 13.5. The summed E-state index contributed by atoms with van der Waals surface area (Å²) in [5.74, 6) is 0.357. The van der Waals surface area contributed by atoms with Crippen LogP contribution in [0.2, 0.25) is 0 Å². The third-order valence-corrected chi connectivity index (χ3v) is 4.92. The van der Waals surface area contributed by atoms with Crippen LogP contribution >= 0.6 is 0 Å². The van der Waals surface area contributed by atoms with Gasteiger partial charge in [-0.3, -0.25) is 4.79 Å². The average Bonchev–Trinajstić information content (AvgIpc) is 2.75. The second-order valence-corrected chi connectivity index (χ2v) is 7.01. The Hall–Kier alpha value is -3.16. The van der Waals surface area contributed by atoms with Crippen molar-refractivity contribution in [1.82, 2.24) is 20.4 Å². The zero-order valence-electron chi connectivity index (χ0n) is 16.8. The largest absolute Gasteiger partial charge is 0.450 e. The van der Waals surface area contributed by atoms with Crippen LogP contribution in [0.15, 0.2) is 42.5 Å². The van der Waals surface area contributed by atoms with Gasteiger partial charge in [0, 0.05) is 25.2 Å². The maximum Gasteiger partial charge on any atom is 0.409 e. The zero-order valence-corrected chi connectivity index (χ0v) is 16.8. The Morgan fingerprint density at radius 3 is 2.48 bits per heavy atom. The summed E-state index contributed by atoms with van der Waals surface area (Å²) in [4.78, 5) is 25.9. The van der Waals surface area contributed by atoms with E-state index in [4.69, 9.17) is 4.74 Å². The molecule has 2 heterocycles. The second-order valence-electron chi connectivity index (χ2n) is 7.01. The summed E-state index contributed by atoms with van der Waals surface area (Å²) in [6.45, 7) is 5.32. The molecule has 0 bridgehead atoms. The van der Waals surface area contributed by atoms with Gasteiger partial charge in [-0.2, -0.15) is 0 Å². The van der Waals surface area contributed by atoms with Crippen LogP contribution < -0.4 is 10.6 Å². The molecule has 1 aromatic carbocycles. The fourth-order valence-electron chi connectivity index (χ4n) is 3.26. The molecule has 1 aliphatic heterocycles. The first-order chi connectivity index (χ1) is 14.1. The number of likely N-dealkylation sites (tertiary alicyclic amines) is 1. The highest BCUT2D eigenvalue weighted by molar-refractivity contribution is 5.92. The maximum atomic E-state index is 12.4. The molecule has 29 heavy (non-hydrogen) atoms. The van der Waals surface area contributed by atoms with E-state index >= 15 is 0 Å². The lowest BCUT2D eigenvalue weighted by Crippen LogP contribution is -2.46. The van der Waals surface area contributed by atoms with Crippen LogP contribution in [0, 0.1) is 0 Å². The monoisotopic (exact) mass is 397 g/mol. The van der Waals surface area contributed by atoms with Crippen molar-refractivity contribution in [2.75, 3.05) is 25.0 Å². The zero-order chi connectivity index (χ0) is 20.6. The number of piperidine rings is 1. The summed E-state index contributed by atoms with van der Waals surface area (Å²) in [6.07, 6.45) is 1.08. The lowest BCUT2D eigenvalue weighted by molar-refractivity contribution is 0.0856. The van der Waals surface area contributed by atoms with Gasteiger partial charge in [0.05, 0.1) is 6.61 Å². The molecule has 1 aromatic heterocycles. The third-order valence-electron chi connectivity index (χ3n) is 4.92. The predicted octanol–water partition coefficient (Wildman–Crippen LogP) is 3.00. The lowest BCUT2D eigenvalue weighted by atomic mass is 10.1. The first kappa shape index (κ1) is 20.6. The number of hydrogen-bond donors (Lipinski definition) is 2. The quantitative estimate of drug-likeness (QED) is 0.778. The highest BCUT2D eigenvalue weighted by atomic mass is 16.6. The molecule has 1 saturated heterocycles. The summed E-state index contributed by atoms with van der Waals surface area (Å²) in [5.41, 5.74) is 1.42. The van der Waals surface area contributed by atoms with Crippen molar-refractivity contribution in [2.24, 2.45) is 0 Å². The van der Waals surface area contributed by atoms with Gasteiger partial charge in [0.2, 0.25) is 0 Å². The van der Waals surface area contributed by atoms with Gasteiger partial charge in [-0.25, -0.2) is 4.79 Å². The maximum absolute atomic E-state index is 12.4. The minimum absolute atomic E-state index is 0.00545. The van der Waals surface area contributed by atoms with Gasteiger partial charge < -0.3 is 20.3 Å². The Balaban J connectivity index is 1.49. The minimum atomic E-state index is -0.295. The number of hydrogen-bond acceptors (Lipinski definition) is 6. The first-order valence-electron chi connectivity index (χ1n) is 9.94.